The number of halogens is 1. The van der Waals surface area contributed by atoms with Crippen LogP contribution in [0.15, 0.2) is 30.3 Å². The van der Waals surface area contributed by atoms with Crippen LogP contribution in [0.2, 0.25) is 0 Å². The van der Waals surface area contributed by atoms with Gasteiger partial charge >= 0.3 is 0 Å². The van der Waals surface area contributed by atoms with Gasteiger partial charge in [0.05, 0.1) is 0 Å². The number of nitrogens with zero attached hydrogens (tertiary/aromatic N) is 1. The Kier molecular flexibility index (Phi) is 7.01. The van der Waals surface area contributed by atoms with Crippen LogP contribution >= 0.6 is 12.4 Å². The van der Waals surface area contributed by atoms with E-state index in [1.807, 2.05) is 0 Å². The highest BCUT2D eigenvalue weighted by atomic mass is 35.5. The molecule has 1 N–H and O–H groups in total. The van der Waals surface area contributed by atoms with Crippen molar-refractivity contribution in [2.24, 2.45) is 5.41 Å². The predicted octanol–water partition coefficient (Wildman–Crippen LogP) is 3.88. The third-order valence-corrected chi connectivity index (χ3v) is 4.46. The van der Waals surface area contributed by atoms with Gasteiger partial charge in [0.25, 0.3) is 0 Å². The Morgan fingerprint density at radius 1 is 1.25 bits per heavy atom. The third kappa shape index (κ3) is 4.21. The summed E-state index contributed by atoms with van der Waals surface area (Å²) in [7, 11) is 0. The van der Waals surface area contributed by atoms with Crippen molar-refractivity contribution >= 4 is 12.4 Å². The molecule has 0 aliphatic carbocycles. The molecule has 1 aliphatic rings. The fourth-order valence-corrected chi connectivity index (χ4v) is 3.32. The molecular weight excluding hydrogens is 268 g/mol. The lowest BCUT2D eigenvalue weighted by Crippen LogP contribution is -2.39. The highest BCUT2D eigenvalue weighted by Crippen LogP contribution is 2.31. The van der Waals surface area contributed by atoms with Crippen molar-refractivity contribution in [3.05, 3.63) is 35.9 Å². The van der Waals surface area contributed by atoms with Gasteiger partial charge in [-0.05, 0) is 36.9 Å². The molecule has 1 heterocycles. The highest BCUT2D eigenvalue weighted by molar-refractivity contribution is 5.85. The minimum atomic E-state index is 0. The Hall–Kier alpha value is -0.570. The van der Waals surface area contributed by atoms with Gasteiger partial charge in [0.1, 0.15) is 0 Å². The van der Waals surface area contributed by atoms with Crippen LogP contribution < -0.4 is 5.32 Å². The Morgan fingerprint density at radius 3 is 2.45 bits per heavy atom. The lowest BCUT2D eigenvalue weighted by molar-refractivity contribution is 0.131. The SMILES string of the molecule is CCC(c1ccccc1)N(CC)CC1(C)CCNC1.Cl. The first-order valence-corrected chi connectivity index (χ1v) is 7.68. The maximum atomic E-state index is 3.51. The van der Waals surface area contributed by atoms with Gasteiger partial charge in [0.2, 0.25) is 0 Å². The minimum absolute atomic E-state index is 0. The zero-order valence-corrected chi connectivity index (χ0v) is 13.9. The minimum Gasteiger partial charge on any atom is -0.316 e. The Labute approximate surface area is 130 Å². The van der Waals surface area contributed by atoms with Gasteiger partial charge in [0, 0.05) is 19.1 Å². The summed E-state index contributed by atoms with van der Waals surface area (Å²) in [5, 5.41) is 3.51. The molecule has 1 aliphatic heterocycles. The van der Waals surface area contributed by atoms with Crippen LogP contribution in [0.4, 0.5) is 0 Å². The molecule has 3 heteroatoms. The normalized spacial score (nSPS) is 23.6. The van der Waals surface area contributed by atoms with E-state index in [0.29, 0.717) is 11.5 Å². The van der Waals surface area contributed by atoms with Crippen molar-refractivity contribution in [3.63, 3.8) is 0 Å². The average Bonchev–Trinajstić information content (AvgIpc) is 2.86. The zero-order chi connectivity index (χ0) is 13.7. The Morgan fingerprint density at radius 2 is 1.95 bits per heavy atom. The number of benzene rings is 1. The molecule has 0 saturated carbocycles. The van der Waals surface area contributed by atoms with Gasteiger partial charge in [-0.1, -0.05) is 51.1 Å². The summed E-state index contributed by atoms with van der Waals surface area (Å²) in [5.41, 5.74) is 1.90. The van der Waals surface area contributed by atoms with Gasteiger partial charge in [0.15, 0.2) is 0 Å². The summed E-state index contributed by atoms with van der Waals surface area (Å²) in [6.07, 6.45) is 2.48. The zero-order valence-electron chi connectivity index (χ0n) is 13.1. The van der Waals surface area contributed by atoms with E-state index >= 15 is 0 Å². The van der Waals surface area contributed by atoms with Crippen molar-refractivity contribution in [3.8, 4) is 0 Å². The van der Waals surface area contributed by atoms with Crippen LogP contribution in [0.5, 0.6) is 0 Å². The van der Waals surface area contributed by atoms with Crippen LogP contribution in [0, 0.1) is 5.41 Å². The van der Waals surface area contributed by atoms with Crippen LogP contribution in [0.25, 0.3) is 0 Å². The van der Waals surface area contributed by atoms with Crippen molar-refractivity contribution < 1.29 is 0 Å². The molecule has 0 aromatic heterocycles. The monoisotopic (exact) mass is 296 g/mol. The van der Waals surface area contributed by atoms with Crippen LogP contribution in [0.3, 0.4) is 0 Å². The van der Waals surface area contributed by atoms with Gasteiger partial charge < -0.3 is 5.32 Å². The molecule has 0 spiro atoms. The average molecular weight is 297 g/mol. The first-order chi connectivity index (χ1) is 9.18. The molecule has 1 saturated heterocycles. The molecule has 1 aromatic rings. The molecule has 2 rings (SSSR count). The predicted molar refractivity (Wildman–Crippen MR) is 89.6 cm³/mol. The number of hydrogen-bond acceptors (Lipinski definition) is 2. The first kappa shape index (κ1) is 17.5. The fraction of sp³-hybridized carbons (Fsp3) is 0.647. The van der Waals surface area contributed by atoms with Gasteiger partial charge in [-0.25, -0.2) is 0 Å². The number of rotatable bonds is 6. The second-order valence-corrected chi connectivity index (χ2v) is 6.14. The molecule has 20 heavy (non-hydrogen) atoms. The second kappa shape index (κ2) is 8.02. The van der Waals surface area contributed by atoms with Gasteiger partial charge in [-0.2, -0.15) is 0 Å². The standard InChI is InChI=1S/C17H28N2.ClH/c1-4-16(15-9-7-6-8-10-15)19(5-2)14-17(3)11-12-18-13-17;/h6-10,16,18H,4-5,11-14H2,1-3H3;1H. The molecule has 0 radical (unpaired) electrons. The smallest absolute Gasteiger partial charge is 0.0345 e. The van der Waals surface area contributed by atoms with E-state index in [9.17, 15) is 0 Å². The van der Waals surface area contributed by atoms with E-state index in [-0.39, 0.29) is 12.4 Å². The van der Waals surface area contributed by atoms with Crippen molar-refractivity contribution in [2.75, 3.05) is 26.2 Å². The maximum Gasteiger partial charge on any atom is 0.0345 e. The summed E-state index contributed by atoms with van der Waals surface area (Å²) in [4.78, 5) is 2.66. The van der Waals surface area contributed by atoms with E-state index in [1.54, 1.807) is 0 Å². The molecule has 114 valence electrons. The molecule has 2 nitrogen and oxygen atoms in total. The first-order valence-electron chi connectivity index (χ1n) is 7.68. The fourth-order valence-electron chi connectivity index (χ4n) is 3.32. The summed E-state index contributed by atoms with van der Waals surface area (Å²) in [5.74, 6) is 0. The van der Waals surface area contributed by atoms with Crippen LogP contribution in [0.1, 0.15) is 45.2 Å². The molecule has 0 bridgehead atoms. The lowest BCUT2D eigenvalue weighted by atomic mass is 9.88. The third-order valence-electron chi connectivity index (χ3n) is 4.46. The van der Waals surface area contributed by atoms with E-state index in [0.717, 1.165) is 13.1 Å². The molecule has 1 fully saturated rings. The largest absolute Gasteiger partial charge is 0.316 e. The van der Waals surface area contributed by atoms with Crippen molar-refractivity contribution in [1.29, 1.82) is 0 Å². The van der Waals surface area contributed by atoms with Gasteiger partial charge in [-0.15, -0.1) is 12.4 Å². The van der Waals surface area contributed by atoms with E-state index < -0.39 is 0 Å². The van der Waals surface area contributed by atoms with Crippen LogP contribution in [-0.4, -0.2) is 31.1 Å². The van der Waals surface area contributed by atoms with E-state index in [1.165, 1.54) is 31.5 Å². The quantitative estimate of drug-likeness (QED) is 0.857. The van der Waals surface area contributed by atoms with E-state index in [4.69, 9.17) is 0 Å². The van der Waals surface area contributed by atoms with Crippen molar-refractivity contribution in [1.82, 2.24) is 10.2 Å². The summed E-state index contributed by atoms with van der Waals surface area (Å²) < 4.78 is 0. The summed E-state index contributed by atoms with van der Waals surface area (Å²) in [6.45, 7) is 11.7. The highest BCUT2D eigenvalue weighted by Gasteiger charge is 2.32. The van der Waals surface area contributed by atoms with Crippen molar-refractivity contribution in [2.45, 2.75) is 39.7 Å². The van der Waals surface area contributed by atoms with Crippen LogP contribution in [-0.2, 0) is 0 Å². The molecule has 1 aromatic carbocycles. The molecule has 0 amide bonds. The Bertz CT molecular complexity index is 374. The summed E-state index contributed by atoms with van der Waals surface area (Å²) in [6, 6.07) is 11.5. The number of hydrogen-bond donors (Lipinski definition) is 1. The Balaban J connectivity index is 0.00000200. The molecule has 2 atom stereocenters. The topological polar surface area (TPSA) is 15.3 Å². The maximum absolute atomic E-state index is 3.51. The summed E-state index contributed by atoms with van der Waals surface area (Å²) >= 11 is 0. The lowest BCUT2D eigenvalue weighted by Gasteiger charge is -2.36. The molecular formula is C17H29ClN2. The van der Waals surface area contributed by atoms with E-state index in [2.05, 4.69) is 61.3 Å². The second-order valence-electron chi connectivity index (χ2n) is 6.14. The molecule has 2 unspecified atom stereocenters. The van der Waals surface area contributed by atoms with Gasteiger partial charge in [-0.3, -0.25) is 4.90 Å². The number of nitrogens with one attached hydrogen (secondary N) is 1.